The number of carboxylic acids is 1. The van der Waals surface area contributed by atoms with Gasteiger partial charge in [0.2, 0.25) is 0 Å². The van der Waals surface area contributed by atoms with E-state index in [2.05, 4.69) is 10.1 Å². The number of aromatic nitrogens is 3. The van der Waals surface area contributed by atoms with Crippen LogP contribution in [0.4, 0.5) is 0 Å². The lowest BCUT2D eigenvalue weighted by atomic mass is 9.92. The number of carbonyl (C=O) groups is 1. The maximum absolute atomic E-state index is 11.2. The number of nitrogens with zero attached hydrogens (tertiary/aromatic N) is 3. The Morgan fingerprint density at radius 3 is 2.62 bits per heavy atom. The molecule has 3 rings (SSSR count). The molecule has 2 heterocycles. The Morgan fingerprint density at radius 1 is 1.29 bits per heavy atom. The number of para-hydroxylation sites is 2. The van der Waals surface area contributed by atoms with E-state index in [0.717, 1.165) is 5.69 Å². The van der Waals surface area contributed by atoms with Gasteiger partial charge in [0.15, 0.2) is 11.3 Å². The van der Waals surface area contributed by atoms with Gasteiger partial charge in [-0.25, -0.2) is 4.79 Å². The number of fused-ring (bicyclic) bond motifs is 1. The van der Waals surface area contributed by atoms with Crippen LogP contribution >= 0.6 is 0 Å². The highest BCUT2D eigenvalue weighted by molar-refractivity contribution is 5.85. The summed E-state index contributed by atoms with van der Waals surface area (Å²) in [4.78, 5) is 15.5. The zero-order valence-electron chi connectivity index (χ0n) is 12.0. The molecule has 0 aliphatic carbocycles. The second-order valence-corrected chi connectivity index (χ2v) is 5.85. The predicted octanol–water partition coefficient (Wildman–Crippen LogP) is 3.01. The summed E-state index contributed by atoms with van der Waals surface area (Å²) in [7, 11) is 0. The van der Waals surface area contributed by atoms with Gasteiger partial charge in [0, 0.05) is 5.41 Å². The topological polar surface area (TPSA) is 81.1 Å². The van der Waals surface area contributed by atoms with Crippen molar-refractivity contribution in [3.63, 3.8) is 0 Å². The third-order valence-electron chi connectivity index (χ3n) is 3.16. The Hall–Kier alpha value is -2.63. The van der Waals surface area contributed by atoms with E-state index >= 15 is 0 Å². The number of aromatic carboxylic acids is 1. The number of hydrogen-bond acceptors (Lipinski definition) is 4. The maximum atomic E-state index is 11.2. The summed E-state index contributed by atoms with van der Waals surface area (Å²) < 4.78 is 7.14. The number of hydrogen-bond donors (Lipinski definition) is 1. The molecule has 0 fully saturated rings. The first-order chi connectivity index (χ1) is 9.86. The minimum absolute atomic E-state index is 0.0258. The summed E-state index contributed by atoms with van der Waals surface area (Å²) in [5, 5.41) is 13.3. The van der Waals surface area contributed by atoms with E-state index in [4.69, 9.17) is 9.52 Å². The number of oxazole rings is 1. The lowest BCUT2D eigenvalue weighted by molar-refractivity contribution is 0.0690. The third-order valence-corrected chi connectivity index (χ3v) is 3.16. The molecule has 0 amide bonds. The van der Waals surface area contributed by atoms with Crippen molar-refractivity contribution in [3.8, 4) is 6.01 Å². The zero-order chi connectivity index (χ0) is 15.2. The molecule has 3 aromatic rings. The van der Waals surface area contributed by atoms with E-state index in [1.807, 2.05) is 45.0 Å². The summed E-state index contributed by atoms with van der Waals surface area (Å²) in [6, 6.07) is 9.19. The molecule has 0 radical (unpaired) electrons. The Balaban J connectivity index is 2.22. The number of rotatable bonds is 2. The normalized spacial score (nSPS) is 12.0. The lowest BCUT2D eigenvalue weighted by Crippen LogP contribution is -2.17. The molecule has 0 saturated carbocycles. The fourth-order valence-corrected chi connectivity index (χ4v) is 2.12. The van der Waals surface area contributed by atoms with E-state index < -0.39 is 5.97 Å². The molecule has 0 saturated heterocycles. The van der Waals surface area contributed by atoms with Crippen LogP contribution in [0.15, 0.2) is 34.7 Å². The average Bonchev–Trinajstić information content (AvgIpc) is 3.01. The van der Waals surface area contributed by atoms with Gasteiger partial charge < -0.3 is 9.52 Å². The Kier molecular flexibility index (Phi) is 2.83. The molecule has 0 atom stereocenters. The Labute approximate surface area is 121 Å². The van der Waals surface area contributed by atoms with Crippen LogP contribution in [0.1, 0.15) is 37.0 Å². The first-order valence-corrected chi connectivity index (χ1v) is 6.56. The van der Waals surface area contributed by atoms with Gasteiger partial charge in [0.05, 0.1) is 5.69 Å². The SMILES string of the molecule is CC(C)(C)c1cc(C(=O)O)nn1-c1nc2ccccc2o1. The van der Waals surface area contributed by atoms with Crippen molar-refractivity contribution < 1.29 is 14.3 Å². The van der Waals surface area contributed by atoms with Gasteiger partial charge in [0.25, 0.3) is 0 Å². The Morgan fingerprint density at radius 2 is 2.00 bits per heavy atom. The first kappa shape index (κ1) is 13.4. The molecular formula is C15H15N3O3. The summed E-state index contributed by atoms with van der Waals surface area (Å²) in [5.74, 6) is -1.07. The van der Waals surface area contributed by atoms with Crippen molar-refractivity contribution in [3.05, 3.63) is 41.7 Å². The zero-order valence-corrected chi connectivity index (χ0v) is 12.0. The largest absolute Gasteiger partial charge is 0.476 e. The van der Waals surface area contributed by atoms with Gasteiger partial charge in [-0.05, 0) is 18.2 Å². The first-order valence-electron chi connectivity index (χ1n) is 6.56. The van der Waals surface area contributed by atoms with E-state index in [1.165, 1.54) is 4.68 Å². The van der Waals surface area contributed by atoms with Gasteiger partial charge in [0.1, 0.15) is 5.52 Å². The van der Waals surface area contributed by atoms with Gasteiger partial charge in [-0.2, -0.15) is 14.8 Å². The summed E-state index contributed by atoms with van der Waals surface area (Å²) in [6.45, 7) is 5.94. The second-order valence-electron chi connectivity index (χ2n) is 5.85. The van der Waals surface area contributed by atoms with E-state index in [0.29, 0.717) is 11.1 Å². The van der Waals surface area contributed by atoms with E-state index in [1.54, 1.807) is 6.07 Å². The quantitative estimate of drug-likeness (QED) is 0.782. The monoisotopic (exact) mass is 285 g/mol. The molecule has 6 nitrogen and oxygen atoms in total. The minimum atomic E-state index is -1.07. The lowest BCUT2D eigenvalue weighted by Gasteiger charge is -2.18. The van der Waals surface area contributed by atoms with Crippen molar-refractivity contribution in [1.82, 2.24) is 14.8 Å². The maximum Gasteiger partial charge on any atom is 0.356 e. The van der Waals surface area contributed by atoms with Crippen molar-refractivity contribution in [2.24, 2.45) is 0 Å². The van der Waals surface area contributed by atoms with E-state index in [9.17, 15) is 4.79 Å². The van der Waals surface area contributed by atoms with Crippen LogP contribution in [-0.2, 0) is 5.41 Å². The van der Waals surface area contributed by atoms with Crippen LogP contribution in [0.3, 0.4) is 0 Å². The molecule has 108 valence electrons. The van der Waals surface area contributed by atoms with Crippen LogP contribution in [0.2, 0.25) is 0 Å². The van der Waals surface area contributed by atoms with Crippen molar-refractivity contribution >= 4 is 17.1 Å². The van der Waals surface area contributed by atoms with Crippen molar-refractivity contribution in [1.29, 1.82) is 0 Å². The van der Waals surface area contributed by atoms with Crippen LogP contribution in [0.5, 0.6) is 0 Å². The number of carboxylic acid groups (broad SMARTS) is 1. The molecule has 6 heteroatoms. The molecular weight excluding hydrogens is 270 g/mol. The molecule has 21 heavy (non-hydrogen) atoms. The molecule has 0 unspecified atom stereocenters. The molecule has 0 aliphatic rings. The van der Waals surface area contributed by atoms with Gasteiger partial charge in [-0.3, -0.25) is 0 Å². The highest BCUT2D eigenvalue weighted by Crippen LogP contribution is 2.27. The third kappa shape index (κ3) is 2.29. The van der Waals surface area contributed by atoms with Crippen LogP contribution in [0, 0.1) is 0 Å². The van der Waals surface area contributed by atoms with E-state index in [-0.39, 0.29) is 17.1 Å². The smallest absolute Gasteiger partial charge is 0.356 e. The minimum Gasteiger partial charge on any atom is -0.476 e. The molecule has 0 bridgehead atoms. The highest BCUT2D eigenvalue weighted by atomic mass is 16.4. The standard InChI is InChI=1S/C15H15N3O3/c1-15(2,3)12-8-10(13(19)20)17-18(12)14-16-9-6-4-5-7-11(9)21-14/h4-8H,1-3H3,(H,19,20). The summed E-state index contributed by atoms with van der Waals surface area (Å²) in [5.41, 5.74) is 1.76. The summed E-state index contributed by atoms with van der Waals surface area (Å²) >= 11 is 0. The van der Waals surface area contributed by atoms with Crippen molar-refractivity contribution in [2.75, 3.05) is 0 Å². The van der Waals surface area contributed by atoms with Crippen LogP contribution < -0.4 is 0 Å². The van der Waals surface area contributed by atoms with Crippen LogP contribution in [-0.4, -0.2) is 25.8 Å². The summed E-state index contributed by atoms with van der Waals surface area (Å²) in [6.07, 6.45) is 0. The molecule has 2 aromatic heterocycles. The number of benzene rings is 1. The van der Waals surface area contributed by atoms with Gasteiger partial charge in [-0.15, -0.1) is 0 Å². The van der Waals surface area contributed by atoms with Gasteiger partial charge in [-0.1, -0.05) is 32.9 Å². The fraction of sp³-hybridized carbons (Fsp3) is 0.267. The fourth-order valence-electron chi connectivity index (χ4n) is 2.12. The Bertz CT molecular complexity index is 791. The molecule has 1 N–H and O–H groups in total. The van der Waals surface area contributed by atoms with Crippen molar-refractivity contribution in [2.45, 2.75) is 26.2 Å². The second kappa shape index (κ2) is 4.44. The average molecular weight is 285 g/mol. The molecule has 0 aliphatic heterocycles. The molecule has 1 aromatic carbocycles. The van der Waals surface area contributed by atoms with Gasteiger partial charge >= 0.3 is 12.0 Å². The predicted molar refractivity (Wildman–Crippen MR) is 76.8 cm³/mol. The molecule has 0 spiro atoms. The highest BCUT2D eigenvalue weighted by Gasteiger charge is 2.26. The van der Waals surface area contributed by atoms with Crippen LogP contribution in [0.25, 0.3) is 17.1 Å².